The summed E-state index contributed by atoms with van der Waals surface area (Å²) in [5, 5.41) is 5.69. The van der Waals surface area contributed by atoms with Gasteiger partial charge in [0, 0.05) is 17.0 Å². The highest BCUT2D eigenvalue weighted by Gasteiger charge is 2.28. The van der Waals surface area contributed by atoms with Gasteiger partial charge in [-0.1, -0.05) is 6.42 Å². The van der Waals surface area contributed by atoms with Gasteiger partial charge >= 0.3 is 0 Å². The molecule has 1 saturated carbocycles. The SMILES string of the molecule is Cl.Cl.NCC1CCCC1NC(=O)c1csc(-c2ccc3c(c2)OCCO3)n1. The number of hydrogen-bond donors (Lipinski definition) is 2. The zero-order chi connectivity index (χ0) is 17.2. The Kier molecular flexibility index (Phi) is 7.73. The van der Waals surface area contributed by atoms with Crippen molar-refractivity contribution in [1.29, 1.82) is 0 Å². The van der Waals surface area contributed by atoms with Gasteiger partial charge in [-0.3, -0.25) is 4.79 Å². The number of amides is 1. The molecule has 2 aromatic rings. The first kappa shape index (κ1) is 21.8. The Morgan fingerprint density at radius 3 is 2.78 bits per heavy atom. The molecule has 2 unspecified atom stereocenters. The molecule has 27 heavy (non-hydrogen) atoms. The minimum Gasteiger partial charge on any atom is -0.486 e. The maximum Gasteiger partial charge on any atom is 0.271 e. The topological polar surface area (TPSA) is 86.5 Å². The van der Waals surface area contributed by atoms with Crippen LogP contribution in [0.3, 0.4) is 0 Å². The van der Waals surface area contributed by atoms with Crippen LogP contribution in [-0.4, -0.2) is 36.7 Å². The summed E-state index contributed by atoms with van der Waals surface area (Å²) in [6.45, 7) is 1.73. The number of rotatable bonds is 4. The fraction of sp³-hybridized carbons (Fsp3) is 0.444. The molecule has 1 aromatic carbocycles. The molecule has 2 aliphatic rings. The van der Waals surface area contributed by atoms with Crippen molar-refractivity contribution in [2.45, 2.75) is 25.3 Å². The van der Waals surface area contributed by atoms with E-state index in [1.165, 1.54) is 11.3 Å². The number of nitrogens with one attached hydrogen (secondary N) is 1. The van der Waals surface area contributed by atoms with Gasteiger partial charge in [0.2, 0.25) is 0 Å². The lowest BCUT2D eigenvalue weighted by molar-refractivity contribution is 0.0924. The molecule has 2 heterocycles. The van der Waals surface area contributed by atoms with Crippen molar-refractivity contribution < 1.29 is 14.3 Å². The Morgan fingerprint density at radius 1 is 1.22 bits per heavy atom. The van der Waals surface area contributed by atoms with Crippen molar-refractivity contribution in [2.75, 3.05) is 19.8 Å². The van der Waals surface area contributed by atoms with Crippen molar-refractivity contribution in [1.82, 2.24) is 10.3 Å². The summed E-state index contributed by atoms with van der Waals surface area (Å²) in [6, 6.07) is 5.90. The van der Waals surface area contributed by atoms with Crippen LogP contribution in [0.4, 0.5) is 0 Å². The Labute approximate surface area is 174 Å². The molecule has 0 spiro atoms. The van der Waals surface area contributed by atoms with Crippen LogP contribution in [0.15, 0.2) is 23.6 Å². The van der Waals surface area contributed by atoms with Gasteiger partial charge in [0.15, 0.2) is 11.5 Å². The summed E-state index contributed by atoms with van der Waals surface area (Å²) in [7, 11) is 0. The van der Waals surface area contributed by atoms with E-state index in [1.807, 2.05) is 18.2 Å². The summed E-state index contributed by atoms with van der Waals surface area (Å²) in [5.74, 6) is 1.73. The highest BCUT2D eigenvalue weighted by molar-refractivity contribution is 7.13. The van der Waals surface area contributed by atoms with Crippen LogP contribution in [0.1, 0.15) is 29.8 Å². The van der Waals surface area contributed by atoms with Crippen LogP contribution in [-0.2, 0) is 0 Å². The van der Waals surface area contributed by atoms with Gasteiger partial charge in [0.05, 0.1) is 0 Å². The first-order valence-corrected chi connectivity index (χ1v) is 9.49. The molecule has 9 heteroatoms. The third-order valence-electron chi connectivity index (χ3n) is 4.80. The van der Waals surface area contributed by atoms with E-state index in [1.54, 1.807) is 5.38 Å². The molecule has 0 saturated heterocycles. The lowest BCUT2D eigenvalue weighted by Gasteiger charge is -2.18. The van der Waals surface area contributed by atoms with Crippen LogP contribution in [0.2, 0.25) is 0 Å². The maximum atomic E-state index is 12.5. The number of nitrogens with two attached hydrogens (primary N) is 1. The number of nitrogens with zero attached hydrogens (tertiary/aromatic N) is 1. The molecule has 1 aromatic heterocycles. The van der Waals surface area contributed by atoms with Gasteiger partial charge in [-0.15, -0.1) is 36.2 Å². The predicted molar refractivity (Wildman–Crippen MR) is 111 cm³/mol. The number of carbonyl (C=O) groups is 1. The Bertz CT molecular complexity index is 787. The maximum absolute atomic E-state index is 12.5. The van der Waals surface area contributed by atoms with E-state index in [0.717, 1.165) is 41.3 Å². The lowest BCUT2D eigenvalue weighted by Crippen LogP contribution is -2.40. The number of hydrogen-bond acceptors (Lipinski definition) is 6. The van der Waals surface area contributed by atoms with E-state index in [0.29, 0.717) is 31.4 Å². The second kappa shape index (κ2) is 9.59. The Balaban J connectivity index is 0.00000131. The lowest BCUT2D eigenvalue weighted by atomic mass is 10.0. The second-order valence-corrected chi connectivity index (χ2v) is 7.26. The van der Waals surface area contributed by atoms with Crippen LogP contribution in [0.5, 0.6) is 11.5 Å². The molecule has 6 nitrogen and oxygen atoms in total. The second-order valence-electron chi connectivity index (χ2n) is 6.40. The molecule has 0 radical (unpaired) electrons. The van der Waals surface area contributed by atoms with E-state index in [-0.39, 0.29) is 36.8 Å². The smallest absolute Gasteiger partial charge is 0.271 e. The molecule has 2 atom stereocenters. The van der Waals surface area contributed by atoms with E-state index >= 15 is 0 Å². The van der Waals surface area contributed by atoms with Gasteiger partial charge in [-0.2, -0.15) is 0 Å². The van der Waals surface area contributed by atoms with Crippen molar-refractivity contribution in [2.24, 2.45) is 11.7 Å². The number of benzene rings is 1. The van der Waals surface area contributed by atoms with Crippen molar-refractivity contribution >= 4 is 42.1 Å². The van der Waals surface area contributed by atoms with E-state index in [2.05, 4.69) is 10.3 Å². The van der Waals surface area contributed by atoms with E-state index in [4.69, 9.17) is 15.2 Å². The van der Waals surface area contributed by atoms with Crippen LogP contribution in [0, 0.1) is 5.92 Å². The number of ether oxygens (including phenoxy) is 2. The standard InChI is InChI=1S/C18H21N3O3S.2ClH/c19-9-12-2-1-3-13(12)20-17(22)14-10-25-18(21-14)11-4-5-15-16(8-11)24-7-6-23-15;;/h4-5,8,10,12-13H,1-3,6-7,9,19H2,(H,20,22);2*1H. The van der Waals surface area contributed by atoms with Gasteiger partial charge in [0.25, 0.3) is 5.91 Å². The number of fused-ring (bicyclic) bond motifs is 1. The average Bonchev–Trinajstić information content (AvgIpc) is 3.30. The fourth-order valence-corrected chi connectivity index (χ4v) is 4.24. The fourth-order valence-electron chi connectivity index (χ4n) is 3.44. The average molecular weight is 432 g/mol. The molecule has 4 rings (SSSR count). The summed E-state index contributed by atoms with van der Waals surface area (Å²) in [5.41, 5.74) is 7.17. The first-order valence-electron chi connectivity index (χ1n) is 8.61. The van der Waals surface area contributed by atoms with Crippen molar-refractivity contribution in [3.8, 4) is 22.1 Å². The highest BCUT2D eigenvalue weighted by Crippen LogP contribution is 2.35. The van der Waals surface area contributed by atoms with E-state index in [9.17, 15) is 4.79 Å². The Morgan fingerprint density at radius 2 is 2.00 bits per heavy atom. The van der Waals surface area contributed by atoms with Gasteiger partial charge < -0.3 is 20.5 Å². The van der Waals surface area contributed by atoms with Crippen molar-refractivity contribution in [3.63, 3.8) is 0 Å². The molecule has 1 amide bonds. The highest BCUT2D eigenvalue weighted by atomic mass is 35.5. The molecule has 1 aliphatic carbocycles. The monoisotopic (exact) mass is 431 g/mol. The summed E-state index contributed by atoms with van der Waals surface area (Å²) in [6.07, 6.45) is 3.19. The third kappa shape index (κ3) is 4.66. The molecular formula is C18H23Cl2N3O3S. The first-order chi connectivity index (χ1) is 12.2. The number of thiazole rings is 1. The summed E-state index contributed by atoms with van der Waals surface area (Å²) in [4.78, 5) is 17.0. The molecule has 0 bridgehead atoms. The van der Waals surface area contributed by atoms with Gasteiger partial charge in [0.1, 0.15) is 23.9 Å². The van der Waals surface area contributed by atoms with Gasteiger partial charge in [-0.25, -0.2) is 4.98 Å². The Hall–Kier alpha value is -1.54. The van der Waals surface area contributed by atoms with Crippen LogP contribution >= 0.6 is 36.2 Å². The molecular weight excluding hydrogens is 409 g/mol. The minimum absolute atomic E-state index is 0. The zero-order valence-corrected chi connectivity index (χ0v) is 17.1. The normalized spacial score (nSPS) is 20.3. The van der Waals surface area contributed by atoms with E-state index < -0.39 is 0 Å². The quantitative estimate of drug-likeness (QED) is 0.775. The van der Waals surface area contributed by atoms with Crippen LogP contribution < -0.4 is 20.5 Å². The van der Waals surface area contributed by atoms with Gasteiger partial charge in [-0.05, 0) is 43.5 Å². The molecule has 1 aliphatic heterocycles. The largest absolute Gasteiger partial charge is 0.486 e. The van der Waals surface area contributed by atoms with Crippen LogP contribution in [0.25, 0.3) is 10.6 Å². The molecule has 3 N–H and O–H groups in total. The van der Waals surface area contributed by atoms with Crippen molar-refractivity contribution in [3.05, 3.63) is 29.3 Å². The minimum atomic E-state index is -0.120. The molecule has 148 valence electrons. The third-order valence-corrected chi connectivity index (χ3v) is 5.70. The summed E-state index contributed by atoms with van der Waals surface area (Å²) >= 11 is 1.45. The number of halogens is 2. The zero-order valence-electron chi connectivity index (χ0n) is 14.7. The number of aromatic nitrogens is 1. The molecule has 1 fully saturated rings. The summed E-state index contributed by atoms with van der Waals surface area (Å²) < 4.78 is 11.1. The number of carbonyl (C=O) groups excluding carboxylic acids is 1. The predicted octanol–water partition coefficient (Wildman–Crippen LogP) is 3.28.